The number of carboxylic acid groups (broad SMARTS) is 1. The number of amides is 1. The molecule has 0 saturated carbocycles. The van der Waals surface area contributed by atoms with Gasteiger partial charge in [0.15, 0.2) is 0 Å². The van der Waals surface area contributed by atoms with Crippen molar-refractivity contribution in [2.24, 2.45) is 5.10 Å². The Balaban J connectivity index is 1.86. The zero-order valence-corrected chi connectivity index (χ0v) is 15.6. The zero-order valence-electron chi connectivity index (χ0n) is 14.8. The highest BCUT2D eigenvalue weighted by Gasteiger charge is 2.33. The summed E-state index contributed by atoms with van der Waals surface area (Å²) in [5.74, 6) is -1.24. The van der Waals surface area contributed by atoms with Gasteiger partial charge in [-0.3, -0.25) is 9.59 Å². The quantitative estimate of drug-likeness (QED) is 0.845. The van der Waals surface area contributed by atoms with E-state index >= 15 is 0 Å². The van der Waals surface area contributed by atoms with Gasteiger partial charge in [-0.2, -0.15) is 5.10 Å². The van der Waals surface area contributed by atoms with Crippen molar-refractivity contribution in [3.8, 4) is 0 Å². The van der Waals surface area contributed by atoms with Crippen LogP contribution in [0.5, 0.6) is 0 Å². The monoisotopic (exact) mass is 371 g/mol. The molecule has 1 atom stereocenters. The third-order valence-corrected chi connectivity index (χ3v) is 5.24. The zero-order chi connectivity index (χ0) is 18.7. The first-order chi connectivity index (χ1) is 12.5. The smallest absolute Gasteiger partial charge is 0.303 e. The van der Waals surface area contributed by atoms with Crippen LogP contribution in [-0.4, -0.2) is 41.8 Å². The van der Waals surface area contributed by atoms with Gasteiger partial charge in [0.05, 0.1) is 23.1 Å². The van der Waals surface area contributed by atoms with Gasteiger partial charge in [-0.25, -0.2) is 5.01 Å². The fourth-order valence-electron chi connectivity index (χ4n) is 2.91. The number of rotatable bonds is 6. The second-order valence-corrected chi connectivity index (χ2v) is 7.31. The third-order valence-electron chi connectivity index (χ3n) is 4.32. The summed E-state index contributed by atoms with van der Waals surface area (Å²) in [6.45, 7) is 0. The molecule has 1 aliphatic rings. The van der Waals surface area contributed by atoms with Crippen LogP contribution in [0.2, 0.25) is 0 Å². The van der Waals surface area contributed by atoms with E-state index < -0.39 is 5.97 Å². The Morgan fingerprint density at radius 1 is 1.23 bits per heavy atom. The number of thiophene rings is 1. The molecule has 0 aliphatic carbocycles. The van der Waals surface area contributed by atoms with Gasteiger partial charge in [0.25, 0.3) is 0 Å². The molecule has 1 N–H and O–H groups in total. The van der Waals surface area contributed by atoms with Crippen molar-refractivity contribution in [3.05, 3.63) is 52.2 Å². The number of nitrogens with zero attached hydrogens (tertiary/aromatic N) is 3. The van der Waals surface area contributed by atoms with E-state index in [4.69, 9.17) is 5.11 Å². The molecule has 26 heavy (non-hydrogen) atoms. The molecular formula is C19H21N3O3S. The highest BCUT2D eigenvalue weighted by Crippen LogP contribution is 2.35. The number of carboxylic acids is 1. The molecule has 1 amide bonds. The largest absolute Gasteiger partial charge is 0.481 e. The van der Waals surface area contributed by atoms with Gasteiger partial charge in [0, 0.05) is 32.6 Å². The van der Waals surface area contributed by atoms with Gasteiger partial charge in [0.2, 0.25) is 5.91 Å². The minimum atomic E-state index is -0.980. The van der Waals surface area contributed by atoms with Crippen molar-refractivity contribution < 1.29 is 14.7 Å². The van der Waals surface area contributed by atoms with Crippen LogP contribution >= 0.6 is 11.3 Å². The van der Waals surface area contributed by atoms with Crippen molar-refractivity contribution in [3.63, 3.8) is 0 Å². The van der Waals surface area contributed by atoms with Gasteiger partial charge < -0.3 is 10.0 Å². The lowest BCUT2D eigenvalue weighted by atomic mass is 10.0. The average Bonchev–Trinajstić information content (AvgIpc) is 3.29. The molecule has 0 saturated heterocycles. The molecule has 2 heterocycles. The maximum Gasteiger partial charge on any atom is 0.303 e. The Labute approximate surface area is 156 Å². The van der Waals surface area contributed by atoms with Crippen molar-refractivity contribution in [1.82, 2.24) is 5.01 Å². The molecular weight excluding hydrogens is 350 g/mol. The lowest BCUT2D eigenvalue weighted by Crippen LogP contribution is -2.27. The molecule has 0 bridgehead atoms. The molecule has 136 valence electrons. The minimum absolute atomic E-state index is 0.0527. The molecule has 7 heteroatoms. The van der Waals surface area contributed by atoms with Gasteiger partial charge in [-0.1, -0.05) is 18.2 Å². The summed E-state index contributed by atoms with van der Waals surface area (Å²) in [5, 5.41) is 16.8. The lowest BCUT2D eigenvalue weighted by Gasteiger charge is -2.22. The van der Waals surface area contributed by atoms with Gasteiger partial charge in [-0.15, -0.1) is 11.3 Å². The Kier molecular flexibility index (Phi) is 5.37. The van der Waals surface area contributed by atoms with E-state index in [9.17, 15) is 9.59 Å². The summed E-state index contributed by atoms with van der Waals surface area (Å²) in [6.07, 6.45) is 0.384. The normalized spacial score (nSPS) is 16.5. The van der Waals surface area contributed by atoms with E-state index in [-0.39, 0.29) is 24.8 Å². The highest BCUT2D eigenvalue weighted by atomic mass is 32.1. The maximum absolute atomic E-state index is 12.6. The van der Waals surface area contributed by atoms with E-state index in [1.54, 1.807) is 11.3 Å². The van der Waals surface area contributed by atoms with Gasteiger partial charge in [-0.05, 0) is 29.1 Å². The predicted molar refractivity (Wildman–Crippen MR) is 103 cm³/mol. The number of benzene rings is 1. The number of carbonyl (C=O) groups excluding carboxylic acids is 1. The predicted octanol–water partition coefficient (Wildman–Crippen LogP) is 3.36. The summed E-state index contributed by atoms with van der Waals surface area (Å²) in [4.78, 5) is 26.4. The van der Waals surface area contributed by atoms with Gasteiger partial charge in [0.1, 0.15) is 0 Å². The van der Waals surface area contributed by atoms with Crippen LogP contribution in [0.4, 0.5) is 5.69 Å². The number of anilines is 1. The van der Waals surface area contributed by atoms with E-state index in [1.165, 1.54) is 5.01 Å². The Morgan fingerprint density at radius 2 is 1.96 bits per heavy atom. The summed E-state index contributed by atoms with van der Waals surface area (Å²) in [7, 11) is 3.95. The molecule has 0 fully saturated rings. The van der Waals surface area contributed by atoms with E-state index in [2.05, 4.69) is 5.10 Å². The molecule has 6 nitrogen and oxygen atoms in total. The summed E-state index contributed by atoms with van der Waals surface area (Å²) < 4.78 is 0. The SMILES string of the molecule is CN(C)c1ccc(C2CC(c3cccs3)=NN2C(=O)CCC(=O)O)cc1. The minimum Gasteiger partial charge on any atom is -0.481 e. The lowest BCUT2D eigenvalue weighted by molar-refractivity contribution is -0.141. The van der Waals surface area contributed by atoms with Gasteiger partial charge >= 0.3 is 5.97 Å². The van der Waals surface area contributed by atoms with E-state index in [0.29, 0.717) is 6.42 Å². The molecule has 0 spiro atoms. The molecule has 0 radical (unpaired) electrons. The summed E-state index contributed by atoms with van der Waals surface area (Å²) in [6, 6.07) is 11.8. The van der Waals surface area contributed by atoms with E-state index in [0.717, 1.165) is 21.8 Å². The summed E-state index contributed by atoms with van der Waals surface area (Å²) >= 11 is 1.59. The Hall–Kier alpha value is -2.67. The fourth-order valence-corrected chi connectivity index (χ4v) is 3.64. The Morgan fingerprint density at radius 3 is 2.54 bits per heavy atom. The average molecular weight is 371 g/mol. The molecule has 1 aliphatic heterocycles. The highest BCUT2D eigenvalue weighted by molar-refractivity contribution is 7.12. The topological polar surface area (TPSA) is 73.2 Å². The second-order valence-electron chi connectivity index (χ2n) is 6.36. The Bertz CT molecular complexity index is 813. The third kappa shape index (κ3) is 3.94. The van der Waals surface area contributed by atoms with Crippen LogP contribution in [0.15, 0.2) is 46.9 Å². The first-order valence-electron chi connectivity index (χ1n) is 8.38. The molecule has 1 aromatic carbocycles. The standard InChI is InChI=1S/C19H21N3O3S/c1-21(2)14-7-5-13(6-8-14)16-12-15(17-4-3-11-26-17)20-22(16)18(23)9-10-19(24)25/h3-8,11,16H,9-10,12H2,1-2H3,(H,24,25). The number of hydrogen-bond donors (Lipinski definition) is 1. The van der Waals surface area contributed by atoms with Crippen molar-refractivity contribution in [1.29, 1.82) is 0 Å². The first-order valence-corrected chi connectivity index (χ1v) is 9.26. The van der Waals surface area contributed by atoms with Crippen LogP contribution in [-0.2, 0) is 9.59 Å². The number of aliphatic carboxylic acids is 1. The first kappa shape index (κ1) is 18.1. The molecule has 1 unspecified atom stereocenters. The number of hydrogen-bond acceptors (Lipinski definition) is 5. The van der Waals surface area contributed by atoms with Crippen molar-refractivity contribution in [2.75, 3.05) is 19.0 Å². The van der Waals surface area contributed by atoms with Crippen molar-refractivity contribution >= 4 is 34.6 Å². The second kappa shape index (κ2) is 7.70. The molecule has 1 aromatic heterocycles. The van der Waals surface area contributed by atoms with Crippen LogP contribution < -0.4 is 4.90 Å². The van der Waals surface area contributed by atoms with Crippen LogP contribution in [0.3, 0.4) is 0 Å². The molecule has 2 aromatic rings. The van der Waals surface area contributed by atoms with Crippen LogP contribution in [0.1, 0.15) is 35.7 Å². The summed E-state index contributed by atoms with van der Waals surface area (Å²) in [5.41, 5.74) is 2.94. The number of carbonyl (C=O) groups is 2. The maximum atomic E-state index is 12.6. The van der Waals surface area contributed by atoms with Crippen LogP contribution in [0.25, 0.3) is 0 Å². The van der Waals surface area contributed by atoms with E-state index in [1.807, 2.05) is 60.8 Å². The van der Waals surface area contributed by atoms with Crippen molar-refractivity contribution in [2.45, 2.75) is 25.3 Å². The fraction of sp³-hybridized carbons (Fsp3) is 0.316. The number of hydrazone groups is 1. The molecule has 3 rings (SSSR count). The van der Waals surface area contributed by atoms with Crippen LogP contribution in [0, 0.1) is 0 Å².